The largest absolute Gasteiger partial charge is 0.417 e. The van der Waals surface area contributed by atoms with Gasteiger partial charge in [-0.3, -0.25) is 13.9 Å². The number of rotatable bonds is 14. The van der Waals surface area contributed by atoms with Crippen LogP contribution in [0.3, 0.4) is 0 Å². The number of aryl methyl sites for hydroxylation is 1. The second-order valence-electron chi connectivity index (χ2n) is 11.4. The summed E-state index contributed by atoms with van der Waals surface area (Å²) in [4.78, 5) is 29.4. The van der Waals surface area contributed by atoms with Gasteiger partial charge in [-0.15, -0.1) is 0 Å². The number of halogens is 5. The molecule has 0 spiro atoms. The Bertz CT molecular complexity index is 1860. The zero-order valence-corrected chi connectivity index (χ0v) is 29.2. The number of hydrogen-bond donors (Lipinski definition) is 1. The van der Waals surface area contributed by atoms with E-state index in [0.29, 0.717) is 33.9 Å². The minimum atomic E-state index is -4.91. The molecule has 4 aromatic rings. The van der Waals surface area contributed by atoms with Gasteiger partial charge in [-0.1, -0.05) is 103 Å². The molecule has 0 heterocycles. The molecule has 0 saturated heterocycles. The topological polar surface area (TPSA) is 86.8 Å². The number of nitrogens with one attached hydrogen (secondary N) is 1. The van der Waals surface area contributed by atoms with Crippen molar-refractivity contribution in [3.8, 4) is 0 Å². The molecule has 4 rings (SSSR count). The van der Waals surface area contributed by atoms with Crippen LogP contribution in [0.5, 0.6) is 0 Å². The molecule has 0 aliphatic heterocycles. The zero-order valence-electron chi connectivity index (χ0n) is 26.9. The number of unbranched alkanes of at least 4 members (excludes halogenated alkanes) is 1. The van der Waals surface area contributed by atoms with E-state index >= 15 is 0 Å². The van der Waals surface area contributed by atoms with Crippen LogP contribution in [0, 0.1) is 6.92 Å². The van der Waals surface area contributed by atoms with E-state index in [1.165, 1.54) is 29.2 Å². The highest BCUT2D eigenvalue weighted by Gasteiger charge is 2.37. The van der Waals surface area contributed by atoms with Crippen molar-refractivity contribution in [1.29, 1.82) is 0 Å². The van der Waals surface area contributed by atoms with Crippen LogP contribution in [0.25, 0.3) is 0 Å². The molecule has 0 aromatic heterocycles. The molecule has 2 amide bonds. The van der Waals surface area contributed by atoms with Gasteiger partial charge < -0.3 is 10.2 Å². The van der Waals surface area contributed by atoms with Gasteiger partial charge in [0.05, 0.1) is 21.2 Å². The van der Waals surface area contributed by atoms with Gasteiger partial charge in [0.15, 0.2) is 0 Å². The lowest BCUT2D eigenvalue weighted by Crippen LogP contribution is -2.53. The van der Waals surface area contributed by atoms with Gasteiger partial charge in [-0.05, 0) is 60.9 Å². The fourth-order valence-corrected chi connectivity index (χ4v) is 6.95. The first-order chi connectivity index (χ1) is 23.2. The molecule has 49 heavy (non-hydrogen) atoms. The fraction of sp³-hybridized carbons (Fsp3) is 0.278. The smallest absolute Gasteiger partial charge is 0.354 e. The monoisotopic (exact) mass is 733 g/mol. The van der Waals surface area contributed by atoms with E-state index in [9.17, 15) is 31.2 Å². The Labute approximate surface area is 294 Å². The van der Waals surface area contributed by atoms with Gasteiger partial charge in [0.25, 0.3) is 10.0 Å². The summed E-state index contributed by atoms with van der Waals surface area (Å²) in [7, 11) is -4.63. The molecule has 260 valence electrons. The molecule has 0 fully saturated rings. The Morgan fingerprint density at radius 3 is 2.16 bits per heavy atom. The van der Waals surface area contributed by atoms with E-state index in [4.69, 9.17) is 23.2 Å². The number of benzene rings is 4. The van der Waals surface area contributed by atoms with Crippen molar-refractivity contribution in [1.82, 2.24) is 10.2 Å². The number of nitrogens with zero attached hydrogens (tertiary/aromatic N) is 2. The summed E-state index contributed by atoms with van der Waals surface area (Å²) >= 11 is 12.4. The summed E-state index contributed by atoms with van der Waals surface area (Å²) in [5, 5.41) is 2.55. The maximum atomic E-state index is 14.5. The van der Waals surface area contributed by atoms with Gasteiger partial charge in [-0.25, -0.2) is 8.42 Å². The number of carbonyl (C=O) groups excluding carboxylic acids is 2. The lowest BCUT2D eigenvalue weighted by atomic mass is 10.0. The second-order valence-corrected chi connectivity index (χ2v) is 14.1. The molecule has 0 aliphatic carbocycles. The lowest BCUT2D eigenvalue weighted by Gasteiger charge is -2.34. The first kappa shape index (κ1) is 37.8. The maximum absolute atomic E-state index is 14.5. The Morgan fingerprint density at radius 2 is 1.53 bits per heavy atom. The first-order valence-corrected chi connectivity index (χ1v) is 17.7. The summed E-state index contributed by atoms with van der Waals surface area (Å²) in [6.45, 7) is 2.92. The third-order valence-corrected chi connectivity index (χ3v) is 10.3. The van der Waals surface area contributed by atoms with E-state index in [0.717, 1.165) is 29.7 Å². The summed E-state index contributed by atoms with van der Waals surface area (Å²) in [6, 6.07) is 22.9. The number of amides is 2. The molecular formula is C36H36Cl2F3N3O4S. The van der Waals surface area contributed by atoms with E-state index in [1.54, 1.807) is 55.5 Å². The molecule has 4 aromatic carbocycles. The molecule has 7 nitrogen and oxygen atoms in total. The van der Waals surface area contributed by atoms with Crippen molar-refractivity contribution in [2.75, 3.05) is 17.4 Å². The van der Waals surface area contributed by atoms with Gasteiger partial charge in [0.2, 0.25) is 11.8 Å². The predicted octanol–water partition coefficient (Wildman–Crippen LogP) is 8.07. The predicted molar refractivity (Wildman–Crippen MR) is 186 cm³/mol. The van der Waals surface area contributed by atoms with Crippen LogP contribution in [0.15, 0.2) is 102 Å². The number of carbonyl (C=O) groups is 2. The normalized spacial score (nSPS) is 12.3. The quantitative estimate of drug-likeness (QED) is 0.133. The van der Waals surface area contributed by atoms with Crippen LogP contribution in [0.4, 0.5) is 18.9 Å². The second kappa shape index (κ2) is 16.6. The van der Waals surface area contributed by atoms with Gasteiger partial charge in [-0.2, -0.15) is 13.2 Å². The summed E-state index contributed by atoms with van der Waals surface area (Å²) in [5.74, 6) is -1.32. The fourth-order valence-electron chi connectivity index (χ4n) is 5.12. The molecule has 1 N–H and O–H groups in total. The van der Waals surface area contributed by atoms with Crippen LogP contribution < -0.4 is 9.62 Å². The van der Waals surface area contributed by atoms with Crippen molar-refractivity contribution in [2.24, 2.45) is 0 Å². The molecule has 0 bridgehead atoms. The first-order valence-electron chi connectivity index (χ1n) is 15.5. The zero-order chi connectivity index (χ0) is 35.8. The minimum absolute atomic E-state index is 0.0683. The summed E-state index contributed by atoms with van der Waals surface area (Å²) in [5.41, 5.74) is 0.252. The summed E-state index contributed by atoms with van der Waals surface area (Å²) in [6.07, 6.45) is -3.36. The Morgan fingerprint density at radius 1 is 0.878 bits per heavy atom. The number of hydrogen-bond acceptors (Lipinski definition) is 4. The van der Waals surface area contributed by atoms with Crippen molar-refractivity contribution < 1.29 is 31.2 Å². The van der Waals surface area contributed by atoms with Crippen molar-refractivity contribution >= 4 is 50.7 Å². The van der Waals surface area contributed by atoms with E-state index < -0.39 is 56.9 Å². The molecule has 0 saturated carbocycles. The van der Waals surface area contributed by atoms with Crippen molar-refractivity contribution in [2.45, 2.75) is 56.8 Å². The van der Waals surface area contributed by atoms with Crippen LogP contribution in [-0.2, 0) is 38.8 Å². The van der Waals surface area contributed by atoms with E-state index in [1.807, 2.05) is 13.0 Å². The third kappa shape index (κ3) is 9.77. The van der Waals surface area contributed by atoms with E-state index in [-0.39, 0.29) is 17.9 Å². The Kier molecular flexibility index (Phi) is 12.8. The number of alkyl halides is 3. The number of anilines is 1. The van der Waals surface area contributed by atoms with Crippen molar-refractivity contribution in [3.05, 3.63) is 129 Å². The maximum Gasteiger partial charge on any atom is 0.417 e. The highest BCUT2D eigenvalue weighted by atomic mass is 35.5. The average Bonchev–Trinajstić information content (AvgIpc) is 3.06. The highest BCUT2D eigenvalue weighted by Crippen LogP contribution is 2.38. The van der Waals surface area contributed by atoms with Gasteiger partial charge >= 0.3 is 6.18 Å². The molecule has 0 radical (unpaired) electrons. The average molecular weight is 735 g/mol. The van der Waals surface area contributed by atoms with Crippen LogP contribution in [0.1, 0.15) is 42.0 Å². The third-order valence-electron chi connectivity index (χ3n) is 7.83. The van der Waals surface area contributed by atoms with Gasteiger partial charge in [0.1, 0.15) is 12.6 Å². The van der Waals surface area contributed by atoms with Crippen LogP contribution >= 0.6 is 23.2 Å². The molecular weight excluding hydrogens is 698 g/mol. The van der Waals surface area contributed by atoms with Crippen LogP contribution in [-0.4, -0.2) is 44.3 Å². The molecule has 0 aliphatic rings. The minimum Gasteiger partial charge on any atom is -0.354 e. The standard InChI is InChI=1S/C36H36Cl2F3N3O4S/c1-3-4-20-42-35(46)33(21-26-10-6-5-7-11-26)43(23-27-12-8-9-13-31(27)37)34(45)24-44(49(47,48)29-17-14-25(2)15-18-29)28-16-19-32(38)30(22-28)36(39,40)41/h5-19,22,33H,3-4,20-21,23-24H2,1-2H3,(H,42,46). The van der Waals surface area contributed by atoms with Crippen LogP contribution in [0.2, 0.25) is 10.0 Å². The van der Waals surface area contributed by atoms with Crippen molar-refractivity contribution in [3.63, 3.8) is 0 Å². The van der Waals surface area contributed by atoms with Gasteiger partial charge in [0, 0.05) is 24.5 Å². The highest BCUT2D eigenvalue weighted by molar-refractivity contribution is 7.92. The summed E-state index contributed by atoms with van der Waals surface area (Å²) < 4.78 is 70.9. The van der Waals surface area contributed by atoms with E-state index in [2.05, 4.69) is 5.32 Å². The lowest BCUT2D eigenvalue weighted by molar-refractivity contribution is -0.140. The Hall–Kier alpha value is -4.06. The molecule has 13 heteroatoms. The molecule has 1 unspecified atom stereocenters. The SMILES string of the molecule is CCCCNC(=O)C(Cc1ccccc1)N(Cc1ccccc1Cl)C(=O)CN(c1ccc(Cl)c(C(F)(F)F)c1)S(=O)(=O)c1ccc(C)cc1. The molecule has 1 atom stereocenters. The Balaban J connectivity index is 1.86. The number of sulfonamides is 1.